The van der Waals surface area contributed by atoms with E-state index in [0.29, 0.717) is 121 Å². The van der Waals surface area contributed by atoms with Crippen LogP contribution in [0.5, 0.6) is 0 Å². The molecular formula is C58H82O15. The molecular weight excluding hydrogens is 937 g/mol. The van der Waals surface area contributed by atoms with E-state index < -0.39 is 0 Å². The lowest BCUT2D eigenvalue weighted by Crippen LogP contribution is -2.35. The summed E-state index contributed by atoms with van der Waals surface area (Å²) in [5, 5.41) is 0. The predicted octanol–water partition coefficient (Wildman–Crippen LogP) is 7.50. The molecule has 10 heterocycles. The predicted molar refractivity (Wildman–Crippen MR) is 259 cm³/mol. The number of hydrogen-bond donors (Lipinski definition) is 0. The summed E-state index contributed by atoms with van der Waals surface area (Å²) in [5.41, 5.74) is 0.544. The van der Waals surface area contributed by atoms with E-state index in [1.165, 1.54) is 51.4 Å². The molecule has 8 aliphatic carbocycles. The van der Waals surface area contributed by atoms with Crippen molar-refractivity contribution in [2.24, 2.45) is 118 Å². The summed E-state index contributed by atoms with van der Waals surface area (Å²) in [6.45, 7) is 17.7. The fraction of sp³-hybridized carbons (Fsp3) is 0.879. The highest BCUT2D eigenvalue weighted by atomic mass is 16.6. The molecule has 0 N–H and O–H groups in total. The molecule has 26 unspecified atom stereocenters. The summed E-state index contributed by atoms with van der Waals surface area (Å²) in [6, 6.07) is 0. The lowest BCUT2D eigenvalue weighted by Gasteiger charge is -2.45. The summed E-state index contributed by atoms with van der Waals surface area (Å²) in [6.07, 6.45) is 17.1. The van der Waals surface area contributed by atoms with Crippen molar-refractivity contribution in [2.45, 2.75) is 175 Å². The van der Waals surface area contributed by atoms with Crippen molar-refractivity contribution in [3.05, 3.63) is 0 Å². The third-order valence-corrected chi connectivity index (χ3v) is 21.5. The van der Waals surface area contributed by atoms with E-state index in [9.17, 15) is 33.6 Å². The molecule has 15 heteroatoms. The number of rotatable bonds is 0. The number of ether oxygens (including phenoxy) is 8. The van der Waals surface area contributed by atoms with E-state index in [-0.39, 0.29) is 71.9 Å². The zero-order valence-corrected chi connectivity index (χ0v) is 44.3. The molecule has 404 valence electrons. The molecule has 26 atom stereocenters. The number of fused-ring (bicyclic) bond motifs is 13. The minimum atomic E-state index is -0.0486. The van der Waals surface area contributed by atoms with Crippen LogP contribution < -0.4 is 0 Å². The first-order chi connectivity index (χ1) is 34.8. The van der Waals surface area contributed by atoms with Crippen molar-refractivity contribution < 1.29 is 71.5 Å². The summed E-state index contributed by atoms with van der Waals surface area (Å²) >= 11 is 0. The van der Waals surface area contributed by atoms with Gasteiger partial charge in [0.1, 0.15) is 24.1 Å². The average Bonchev–Trinajstić information content (AvgIpc) is 4.17. The molecule has 0 spiro atoms. The number of carbonyl (C=O) groups excluding carboxylic acids is 7. The Labute approximate surface area is 431 Å². The topological polar surface area (TPSA) is 193 Å². The van der Waals surface area contributed by atoms with Crippen LogP contribution in [0, 0.1) is 118 Å². The van der Waals surface area contributed by atoms with Crippen LogP contribution in [-0.4, -0.2) is 105 Å². The monoisotopic (exact) mass is 1020 g/mol. The van der Waals surface area contributed by atoms with Crippen molar-refractivity contribution in [1.29, 1.82) is 0 Å². The van der Waals surface area contributed by atoms with Gasteiger partial charge in [0, 0.05) is 41.9 Å². The maximum absolute atomic E-state index is 11.8. The highest BCUT2D eigenvalue weighted by Gasteiger charge is 2.63. The second-order valence-corrected chi connectivity index (χ2v) is 26.7. The summed E-state index contributed by atoms with van der Waals surface area (Å²) in [7, 11) is 0. The van der Waals surface area contributed by atoms with Crippen molar-refractivity contribution >= 4 is 41.6 Å². The second kappa shape index (κ2) is 20.1. The maximum Gasteiger partial charge on any atom is 0.312 e. The smallest absolute Gasteiger partial charge is 0.312 e. The molecule has 0 aromatic carbocycles. The summed E-state index contributed by atoms with van der Waals surface area (Å²) in [5.74, 6) is 10.4. The minimum absolute atomic E-state index is 0.0283. The van der Waals surface area contributed by atoms with Crippen molar-refractivity contribution in [1.82, 2.24) is 0 Å². The standard InChI is InChI=1S/C12H18O.C10H14O2.C9H12O3.C9H12O2.C8H10O3.2C5H8O2/c1-12-5-8-2-9(6-12)4-11(13)10(3-8)7-12;1-5-2-6-3-7(5)8-4-12-10(11)9(6)8;1-4-2-6-7-5(8(4)12-6)3-11-9(7)10;1-4-5-2-6-7(3-5)9(10)11-8(4)6;1-3-5-2-4-7(10-5)6(3)11-8(4)9;1-4-2-5(6)7-3-4;1-4-2-3-7-5(4)6/h8-10H,2-7H2,1H3;5-9H,2-4H2,1H3;4-8H,2-3H2,1H3;4-8H,2-3H2,1H3;3-7H,2H2,1H3;2*4H,2-3H2,1H3. The fourth-order valence-electron chi connectivity index (χ4n) is 18.0. The van der Waals surface area contributed by atoms with Crippen molar-refractivity contribution in [3.63, 3.8) is 0 Å². The third-order valence-electron chi connectivity index (χ3n) is 21.5. The number of cyclic esters (lactones) is 4. The average molecular weight is 1020 g/mol. The van der Waals surface area contributed by atoms with Gasteiger partial charge in [0.05, 0.1) is 80.7 Å². The van der Waals surface area contributed by atoms with Gasteiger partial charge >= 0.3 is 35.8 Å². The van der Waals surface area contributed by atoms with Gasteiger partial charge in [0.2, 0.25) is 0 Å². The molecule has 73 heavy (non-hydrogen) atoms. The van der Waals surface area contributed by atoms with Crippen LogP contribution in [0.25, 0.3) is 0 Å². The Hall–Kier alpha value is -3.59. The van der Waals surface area contributed by atoms with E-state index in [4.69, 9.17) is 28.4 Å². The van der Waals surface area contributed by atoms with Gasteiger partial charge in [0.25, 0.3) is 0 Å². The Morgan fingerprint density at radius 1 is 0.479 bits per heavy atom. The van der Waals surface area contributed by atoms with Gasteiger partial charge in [-0.1, -0.05) is 48.5 Å². The van der Waals surface area contributed by atoms with Crippen LogP contribution in [-0.2, 0) is 71.5 Å². The largest absolute Gasteiger partial charge is 0.465 e. The lowest BCUT2D eigenvalue weighted by molar-refractivity contribution is -0.145. The molecule has 0 aromatic rings. The van der Waals surface area contributed by atoms with Crippen LogP contribution in [0.1, 0.15) is 138 Å². The number of Topliss-reactive ketones (excluding diaryl/α,β-unsaturated/α-hetero) is 1. The second-order valence-electron chi connectivity index (χ2n) is 26.7. The van der Waals surface area contributed by atoms with Gasteiger partial charge in [-0.25, -0.2) is 0 Å². The van der Waals surface area contributed by atoms with E-state index in [1.54, 1.807) is 0 Å². The molecule has 8 saturated carbocycles. The molecule has 12 bridgehead atoms. The third kappa shape index (κ3) is 9.69. The molecule has 0 radical (unpaired) electrons. The molecule has 10 aliphatic heterocycles. The molecule has 18 rings (SSSR count). The quantitative estimate of drug-likeness (QED) is 0.171. The first kappa shape index (κ1) is 51.5. The van der Waals surface area contributed by atoms with E-state index in [0.717, 1.165) is 68.3 Å². The van der Waals surface area contributed by atoms with Gasteiger partial charge in [-0.15, -0.1) is 0 Å². The SMILES string of the molecule is CC12CC3CC(=O)C(CC(C3)C1)C2.CC1C2CC3C(=O)OC1C3C2.CC1C2CC3C(=O)OC1C3O2.CC1CC2CC1C1COC(=O)C21.CC1CC2OC1C1COC(=O)C21.CC1CCOC1=O.CC1COC(=O)C1. The first-order valence-corrected chi connectivity index (χ1v) is 28.7. The molecule has 0 amide bonds. The number of carbonyl (C=O) groups is 7. The van der Waals surface area contributed by atoms with Crippen LogP contribution in [0.3, 0.4) is 0 Å². The van der Waals surface area contributed by atoms with Crippen molar-refractivity contribution in [3.8, 4) is 0 Å². The Morgan fingerprint density at radius 3 is 1.79 bits per heavy atom. The molecule has 15 nitrogen and oxygen atoms in total. The Balaban J connectivity index is 0.0000000927. The Kier molecular flexibility index (Phi) is 14.2. The number of esters is 6. The first-order valence-electron chi connectivity index (χ1n) is 28.7. The van der Waals surface area contributed by atoms with Gasteiger partial charge in [-0.3, -0.25) is 33.6 Å². The van der Waals surface area contributed by atoms with E-state index in [1.807, 2.05) is 13.8 Å². The van der Waals surface area contributed by atoms with E-state index in [2.05, 4.69) is 44.1 Å². The normalized spacial score (nSPS) is 51.4. The van der Waals surface area contributed by atoms with Gasteiger partial charge in [-0.05, 0) is 130 Å². The van der Waals surface area contributed by atoms with Crippen molar-refractivity contribution in [2.75, 3.05) is 26.4 Å². The van der Waals surface area contributed by atoms with Crippen LogP contribution >= 0.6 is 0 Å². The molecule has 18 aliphatic rings. The number of hydrogen-bond acceptors (Lipinski definition) is 15. The minimum Gasteiger partial charge on any atom is -0.465 e. The molecule has 18 fully saturated rings. The lowest BCUT2D eigenvalue weighted by atomic mass is 9.59. The van der Waals surface area contributed by atoms with E-state index >= 15 is 0 Å². The van der Waals surface area contributed by atoms with Crippen LogP contribution in [0.2, 0.25) is 0 Å². The summed E-state index contributed by atoms with van der Waals surface area (Å²) in [4.78, 5) is 77.3. The van der Waals surface area contributed by atoms with Crippen LogP contribution in [0.15, 0.2) is 0 Å². The maximum atomic E-state index is 11.8. The Bertz CT molecular complexity index is 2080. The zero-order valence-electron chi connectivity index (χ0n) is 44.3. The zero-order chi connectivity index (χ0) is 51.4. The highest BCUT2D eigenvalue weighted by Crippen LogP contribution is 2.59. The molecule has 10 saturated heterocycles. The highest BCUT2D eigenvalue weighted by molar-refractivity contribution is 5.82. The van der Waals surface area contributed by atoms with Gasteiger partial charge in [-0.2, -0.15) is 0 Å². The summed E-state index contributed by atoms with van der Waals surface area (Å²) < 4.78 is 41.2. The van der Waals surface area contributed by atoms with Crippen LogP contribution in [0.4, 0.5) is 0 Å². The van der Waals surface area contributed by atoms with Gasteiger partial charge < -0.3 is 37.9 Å². The number of ketones is 1. The molecule has 0 aromatic heterocycles. The Morgan fingerprint density at radius 2 is 1.18 bits per heavy atom. The van der Waals surface area contributed by atoms with Gasteiger partial charge in [0.15, 0.2) is 0 Å². The fourth-order valence-corrected chi connectivity index (χ4v) is 18.0.